The van der Waals surface area contributed by atoms with Gasteiger partial charge in [0.05, 0.1) is 8.07 Å². The highest BCUT2D eigenvalue weighted by Gasteiger charge is 2.39. The van der Waals surface area contributed by atoms with Crippen molar-refractivity contribution >= 4 is 13.3 Å². The Balaban J connectivity index is 1.20. The molecule has 0 bridgehead atoms. The van der Waals surface area contributed by atoms with Crippen LogP contribution < -0.4 is 5.19 Å². The van der Waals surface area contributed by atoms with Crippen molar-refractivity contribution in [1.82, 2.24) is 15.0 Å². The van der Waals surface area contributed by atoms with Gasteiger partial charge in [-0.2, -0.15) is 0 Å². The van der Waals surface area contributed by atoms with Gasteiger partial charge < -0.3 is 0 Å². The van der Waals surface area contributed by atoms with E-state index >= 15 is 0 Å². The summed E-state index contributed by atoms with van der Waals surface area (Å²) < 4.78 is 0. The van der Waals surface area contributed by atoms with E-state index < -0.39 is 8.07 Å². The van der Waals surface area contributed by atoms with Crippen LogP contribution in [0.25, 0.3) is 78.7 Å². The SMILES string of the molecule is CC1(C)c2ccccc2-c2c(-c3ccc([Si](C)(C)C)cc3)ccc(-c3cccc(-c4nc(-c5ccccc5)nc(-c5cccc(-c6ccccc6)c5)n4)c3)c21. The molecule has 266 valence electrons. The molecule has 0 N–H and O–H groups in total. The standard InChI is InChI=1S/C51H43N3Si/c1-51(2)45-25-13-12-24-44(45)46-42(35-26-28-41(29-27-35)55(3,4)5)30-31-43(47(46)51)38-21-15-23-40(33-38)50-53-48(36-18-10-7-11-19-36)52-49(54-50)39-22-14-20-37(32-39)34-16-8-6-9-17-34/h6-33H,1-5H3. The number of benzene rings is 7. The van der Waals surface area contributed by atoms with Crippen LogP contribution >= 0.6 is 0 Å². The number of aromatic nitrogens is 3. The monoisotopic (exact) mass is 725 g/mol. The fourth-order valence-corrected chi connectivity index (χ4v) is 9.35. The third kappa shape index (κ3) is 6.33. The van der Waals surface area contributed by atoms with Crippen LogP contribution in [0.2, 0.25) is 19.6 Å². The van der Waals surface area contributed by atoms with Gasteiger partial charge in [0, 0.05) is 22.1 Å². The lowest BCUT2D eigenvalue weighted by atomic mass is 9.77. The number of fused-ring (bicyclic) bond motifs is 3. The summed E-state index contributed by atoms with van der Waals surface area (Å²) in [6.45, 7) is 12.0. The van der Waals surface area contributed by atoms with Crippen LogP contribution in [0.1, 0.15) is 25.0 Å². The van der Waals surface area contributed by atoms with Gasteiger partial charge in [-0.1, -0.05) is 196 Å². The summed E-state index contributed by atoms with van der Waals surface area (Å²) in [5, 5.41) is 1.47. The van der Waals surface area contributed by atoms with Crippen LogP contribution in [0, 0.1) is 0 Å². The zero-order valence-electron chi connectivity index (χ0n) is 32.0. The lowest BCUT2D eigenvalue weighted by Gasteiger charge is -2.25. The van der Waals surface area contributed by atoms with E-state index in [0.29, 0.717) is 17.5 Å². The molecule has 0 saturated heterocycles. The fourth-order valence-electron chi connectivity index (χ4n) is 8.19. The second-order valence-corrected chi connectivity index (χ2v) is 21.2. The number of nitrogens with zero attached hydrogens (tertiary/aromatic N) is 3. The van der Waals surface area contributed by atoms with Gasteiger partial charge in [-0.3, -0.25) is 0 Å². The molecular formula is C51H43N3Si. The fraction of sp³-hybridized carbons (Fsp3) is 0.118. The summed E-state index contributed by atoms with van der Waals surface area (Å²) in [5.41, 5.74) is 15.2. The Morgan fingerprint density at radius 3 is 1.51 bits per heavy atom. The Bertz CT molecular complexity index is 2690. The smallest absolute Gasteiger partial charge is 0.164 e. The maximum atomic E-state index is 5.16. The molecule has 0 unspecified atom stereocenters. The molecule has 4 heteroatoms. The molecule has 0 spiro atoms. The van der Waals surface area contributed by atoms with Gasteiger partial charge >= 0.3 is 0 Å². The summed E-state index contributed by atoms with van der Waals surface area (Å²) in [6.07, 6.45) is 0. The lowest BCUT2D eigenvalue weighted by Crippen LogP contribution is -2.37. The van der Waals surface area contributed by atoms with Crippen molar-refractivity contribution in [2.75, 3.05) is 0 Å². The van der Waals surface area contributed by atoms with Gasteiger partial charge in [-0.15, -0.1) is 0 Å². The van der Waals surface area contributed by atoms with Crippen molar-refractivity contribution in [3.63, 3.8) is 0 Å². The molecule has 8 aromatic rings. The maximum absolute atomic E-state index is 5.16. The highest BCUT2D eigenvalue weighted by atomic mass is 28.3. The van der Waals surface area contributed by atoms with E-state index in [0.717, 1.165) is 33.4 Å². The van der Waals surface area contributed by atoms with Gasteiger partial charge in [0.15, 0.2) is 17.5 Å². The molecule has 0 saturated carbocycles. The number of rotatable bonds is 7. The van der Waals surface area contributed by atoms with Gasteiger partial charge in [-0.25, -0.2) is 15.0 Å². The predicted molar refractivity (Wildman–Crippen MR) is 233 cm³/mol. The van der Waals surface area contributed by atoms with Gasteiger partial charge in [0.2, 0.25) is 0 Å². The summed E-state index contributed by atoms with van der Waals surface area (Å²) >= 11 is 0. The summed E-state index contributed by atoms with van der Waals surface area (Å²) in [7, 11) is -1.42. The lowest BCUT2D eigenvalue weighted by molar-refractivity contribution is 0.662. The molecule has 3 nitrogen and oxygen atoms in total. The first-order valence-electron chi connectivity index (χ1n) is 19.1. The van der Waals surface area contributed by atoms with Gasteiger partial charge in [0.1, 0.15) is 0 Å². The highest BCUT2D eigenvalue weighted by molar-refractivity contribution is 6.88. The van der Waals surface area contributed by atoms with Crippen molar-refractivity contribution in [3.8, 4) is 78.7 Å². The van der Waals surface area contributed by atoms with Crippen molar-refractivity contribution in [2.45, 2.75) is 38.9 Å². The maximum Gasteiger partial charge on any atom is 0.164 e. The average Bonchev–Trinajstić information content (AvgIpc) is 3.47. The zero-order valence-corrected chi connectivity index (χ0v) is 33.0. The second kappa shape index (κ2) is 13.6. The van der Waals surface area contributed by atoms with Gasteiger partial charge in [-0.05, 0) is 67.8 Å². The molecule has 0 atom stereocenters. The van der Waals surface area contributed by atoms with Gasteiger partial charge in [0.25, 0.3) is 0 Å². The first-order chi connectivity index (χ1) is 26.6. The van der Waals surface area contributed by atoms with Crippen LogP contribution in [0.3, 0.4) is 0 Å². The number of hydrogen-bond acceptors (Lipinski definition) is 3. The van der Waals surface area contributed by atoms with Crippen LogP contribution in [-0.2, 0) is 5.41 Å². The van der Waals surface area contributed by atoms with Crippen molar-refractivity contribution in [2.24, 2.45) is 0 Å². The van der Waals surface area contributed by atoms with E-state index in [4.69, 9.17) is 15.0 Å². The van der Waals surface area contributed by atoms with Crippen LogP contribution in [0.15, 0.2) is 170 Å². The minimum Gasteiger partial charge on any atom is -0.208 e. The van der Waals surface area contributed by atoms with E-state index in [1.54, 1.807) is 0 Å². The topological polar surface area (TPSA) is 38.7 Å². The molecule has 0 fully saturated rings. The third-order valence-electron chi connectivity index (χ3n) is 11.1. The molecule has 7 aromatic carbocycles. The van der Waals surface area contributed by atoms with E-state index in [1.165, 1.54) is 44.1 Å². The summed E-state index contributed by atoms with van der Waals surface area (Å²) in [4.78, 5) is 15.3. The normalized spacial score (nSPS) is 13.0. The minimum atomic E-state index is -1.42. The average molecular weight is 726 g/mol. The predicted octanol–water partition coefficient (Wildman–Crippen LogP) is 12.7. The zero-order chi connectivity index (χ0) is 37.7. The Morgan fingerprint density at radius 2 is 0.873 bits per heavy atom. The molecule has 0 radical (unpaired) electrons. The molecule has 0 aliphatic heterocycles. The Morgan fingerprint density at radius 1 is 0.382 bits per heavy atom. The van der Waals surface area contributed by atoms with Crippen molar-refractivity contribution < 1.29 is 0 Å². The van der Waals surface area contributed by atoms with E-state index in [-0.39, 0.29) is 5.41 Å². The summed E-state index contributed by atoms with van der Waals surface area (Å²) in [5.74, 6) is 1.95. The molecule has 0 amide bonds. The quantitative estimate of drug-likeness (QED) is 0.154. The van der Waals surface area contributed by atoms with E-state index in [9.17, 15) is 0 Å². The number of hydrogen-bond donors (Lipinski definition) is 0. The molecule has 1 aliphatic rings. The first kappa shape index (κ1) is 34.5. The molecule has 9 rings (SSSR count). The Hall–Kier alpha value is -6.23. The Kier molecular flexibility index (Phi) is 8.51. The molecule has 55 heavy (non-hydrogen) atoms. The van der Waals surface area contributed by atoms with Crippen molar-refractivity contribution in [1.29, 1.82) is 0 Å². The second-order valence-electron chi connectivity index (χ2n) is 16.1. The first-order valence-corrected chi connectivity index (χ1v) is 22.6. The Labute approximate surface area is 325 Å². The van der Waals surface area contributed by atoms with E-state index in [1.807, 2.05) is 24.3 Å². The van der Waals surface area contributed by atoms with Crippen molar-refractivity contribution in [3.05, 3.63) is 181 Å². The van der Waals surface area contributed by atoms with E-state index in [2.05, 4.69) is 179 Å². The summed E-state index contributed by atoms with van der Waals surface area (Å²) in [6, 6.07) is 60.8. The largest absolute Gasteiger partial charge is 0.208 e. The van der Waals surface area contributed by atoms with Crippen LogP contribution in [-0.4, -0.2) is 23.0 Å². The molecular weight excluding hydrogens is 683 g/mol. The molecule has 1 heterocycles. The third-order valence-corrected chi connectivity index (χ3v) is 13.2. The minimum absolute atomic E-state index is 0.198. The highest BCUT2D eigenvalue weighted by Crippen LogP contribution is 2.55. The van der Waals surface area contributed by atoms with Crippen LogP contribution in [0.5, 0.6) is 0 Å². The molecule has 1 aromatic heterocycles. The molecule has 1 aliphatic carbocycles. The van der Waals surface area contributed by atoms with Crippen LogP contribution in [0.4, 0.5) is 0 Å².